The molecule has 0 N–H and O–H groups in total. The van der Waals surface area contributed by atoms with Gasteiger partial charge in [0.1, 0.15) is 73.2 Å². The third-order valence-corrected chi connectivity index (χ3v) is 10.8. The van der Waals surface area contributed by atoms with E-state index in [-0.39, 0.29) is 25.9 Å². The van der Waals surface area contributed by atoms with Crippen LogP contribution < -0.4 is 0 Å². The zero-order valence-corrected chi connectivity index (χ0v) is 33.0. The van der Waals surface area contributed by atoms with Crippen LogP contribution in [0.3, 0.4) is 0 Å². The highest BCUT2D eigenvalue weighted by Crippen LogP contribution is 2.39. The highest BCUT2D eigenvalue weighted by atomic mass is 16.8. The number of fused-ring (bicyclic) bond motifs is 1. The average Bonchev–Trinajstić information content (AvgIpc) is 3.22. The van der Waals surface area contributed by atoms with Crippen molar-refractivity contribution >= 4 is 0 Å². The number of hydrogen-bond acceptors (Lipinski definition) is 15. The van der Waals surface area contributed by atoms with Gasteiger partial charge in [0.2, 0.25) is 0 Å². The molecule has 0 aromatic heterocycles. The van der Waals surface area contributed by atoms with Crippen LogP contribution in [0.4, 0.5) is 0 Å². The Kier molecular flexibility index (Phi) is 15.8. The third kappa shape index (κ3) is 9.60. The molecule has 0 bridgehead atoms. The van der Waals surface area contributed by atoms with Crippen molar-refractivity contribution in [1.29, 1.82) is 0 Å². The first kappa shape index (κ1) is 42.4. The van der Waals surface area contributed by atoms with Gasteiger partial charge in [-0.05, 0) is 12.5 Å². The van der Waals surface area contributed by atoms with Gasteiger partial charge < -0.3 is 71.1 Å². The Bertz CT molecular complexity index is 1390. The highest BCUT2D eigenvalue weighted by Gasteiger charge is 2.56. The summed E-state index contributed by atoms with van der Waals surface area (Å²) >= 11 is 0. The van der Waals surface area contributed by atoms with Gasteiger partial charge in [0.25, 0.3) is 0 Å². The van der Waals surface area contributed by atoms with Crippen LogP contribution in [0, 0.1) is 0 Å². The van der Waals surface area contributed by atoms with Crippen molar-refractivity contribution in [3.05, 3.63) is 71.8 Å². The standard InChI is InChI=1S/C40H58O15/c1-23-29(42-3)33(43-4)31(27(50-23)21-48-19-24-15-11-9-12-16-24)55-39-36(46-7)34(44-5)30(26(51-39)20-41-2)54-40-37(47-8)35(45-6)32-28(52-40)22-49-38(53-32)25-17-13-10-14-18-25/h9-18,23,26-40H,19-22H2,1-8H3/t23-,26+,27?,28-,29?,30+,31-,32+,33+,34?,35?,36?,37?,38?,39+,40+/m0/s1. The van der Waals surface area contributed by atoms with E-state index in [0.717, 1.165) is 11.1 Å². The molecule has 16 atom stereocenters. The predicted octanol–water partition coefficient (Wildman–Crippen LogP) is 3.06. The van der Waals surface area contributed by atoms with Crippen LogP contribution in [0.25, 0.3) is 0 Å². The molecule has 55 heavy (non-hydrogen) atoms. The monoisotopic (exact) mass is 778 g/mol. The summed E-state index contributed by atoms with van der Waals surface area (Å²) in [6.45, 7) is 2.95. The van der Waals surface area contributed by atoms with Crippen molar-refractivity contribution in [3.8, 4) is 0 Å². The van der Waals surface area contributed by atoms with E-state index in [1.54, 1.807) is 49.8 Å². The molecule has 4 fully saturated rings. The smallest absolute Gasteiger partial charge is 0.187 e. The highest BCUT2D eigenvalue weighted by molar-refractivity contribution is 5.17. The number of rotatable bonds is 17. The van der Waals surface area contributed by atoms with Crippen molar-refractivity contribution < 1.29 is 71.1 Å². The molecule has 4 saturated heterocycles. The van der Waals surface area contributed by atoms with Gasteiger partial charge in [-0.3, -0.25) is 0 Å². The summed E-state index contributed by atoms with van der Waals surface area (Å²) in [4.78, 5) is 0. The maximum atomic E-state index is 6.82. The van der Waals surface area contributed by atoms with Crippen LogP contribution >= 0.6 is 0 Å². The Labute approximate surface area is 323 Å². The van der Waals surface area contributed by atoms with Crippen LogP contribution in [0.1, 0.15) is 24.3 Å². The van der Waals surface area contributed by atoms with Crippen LogP contribution in [-0.4, -0.2) is 162 Å². The maximum absolute atomic E-state index is 6.82. The van der Waals surface area contributed by atoms with Gasteiger partial charge in [0, 0.05) is 55.3 Å². The molecular weight excluding hydrogens is 720 g/mol. The predicted molar refractivity (Wildman–Crippen MR) is 194 cm³/mol. The Morgan fingerprint density at radius 2 is 1.09 bits per heavy atom. The van der Waals surface area contributed by atoms with E-state index in [1.165, 1.54) is 0 Å². The van der Waals surface area contributed by atoms with Crippen LogP contribution in [0.2, 0.25) is 0 Å². The fraction of sp³-hybridized carbons (Fsp3) is 0.700. The SMILES string of the molecule is COC[C@H]1O[C@H](O[C@H]2C(COCc3ccccc3)O[C@@H](C)C(OC)[C@H]2OC)C(OC)C(OC)[C@@H]1O[C@H]1O[C@H]2COC(c3ccccc3)O[C@H]2C(OC)C1OC. The van der Waals surface area contributed by atoms with Crippen molar-refractivity contribution in [2.75, 3.05) is 69.6 Å². The molecule has 15 heteroatoms. The maximum Gasteiger partial charge on any atom is 0.187 e. The average molecular weight is 779 g/mol. The van der Waals surface area contributed by atoms with E-state index in [0.29, 0.717) is 6.61 Å². The quantitative estimate of drug-likeness (QED) is 0.233. The molecule has 0 spiro atoms. The van der Waals surface area contributed by atoms with Crippen LogP contribution in [0.5, 0.6) is 0 Å². The second kappa shape index (κ2) is 20.5. The summed E-state index contributed by atoms with van der Waals surface area (Å²) in [5, 5.41) is 0. The molecule has 2 aromatic rings. The van der Waals surface area contributed by atoms with E-state index in [2.05, 4.69) is 0 Å². The van der Waals surface area contributed by atoms with Crippen LogP contribution in [0.15, 0.2) is 60.7 Å². The van der Waals surface area contributed by atoms with E-state index >= 15 is 0 Å². The van der Waals surface area contributed by atoms with E-state index in [1.807, 2.05) is 67.6 Å². The molecule has 0 aliphatic carbocycles. The molecule has 6 rings (SSSR count). The normalized spacial score (nSPS) is 39.4. The summed E-state index contributed by atoms with van der Waals surface area (Å²) in [5.74, 6) is 0. The number of hydrogen-bond donors (Lipinski definition) is 0. The van der Waals surface area contributed by atoms with Gasteiger partial charge in [-0.2, -0.15) is 0 Å². The minimum atomic E-state index is -0.972. The van der Waals surface area contributed by atoms with Crippen molar-refractivity contribution in [1.82, 2.24) is 0 Å². The van der Waals surface area contributed by atoms with Crippen LogP contribution in [-0.2, 0) is 77.7 Å². The Hall–Kier alpha value is -2.16. The minimum absolute atomic E-state index is 0.131. The summed E-state index contributed by atoms with van der Waals surface area (Å²) in [6.07, 6.45) is -10.2. The molecule has 4 aliphatic rings. The lowest BCUT2D eigenvalue weighted by molar-refractivity contribution is -0.396. The second-order valence-corrected chi connectivity index (χ2v) is 14.0. The van der Waals surface area contributed by atoms with Crippen molar-refractivity contribution in [3.63, 3.8) is 0 Å². The molecule has 0 saturated carbocycles. The Balaban J connectivity index is 1.20. The minimum Gasteiger partial charge on any atom is -0.382 e. The first-order valence-corrected chi connectivity index (χ1v) is 18.8. The molecular formula is C40H58O15. The summed E-state index contributed by atoms with van der Waals surface area (Å²) < 4.78 is 93.7. The molecule has 2 aromatic carbocycles. The largest absolute Gasteiger partial charge is 0.382 e. The number of ether oxygens (including phenoxy) is 15. The van der Waals surface area contributed by atoms with E-state index < -0.39 is 92.1 Å². The van der Waals surface area contributed by atoms with Gasteiger partial charge in [0.15, 0.2) is 18.9 Å². The lowest BCUT2D eigenvalue weighted by atomic mass is 9.94. The second-order valence-electron chi connectivity index (χ2n) is 14.0. The summed E-state index contributed by atoms with van der Waals surface area (Å²) in [5.41, 5.74) is 1.93. The lowest BCUT2D eigenvalue weighted by Crippen LogP contribution is -2.68. The van der Waals surface area contributed by atoms with Crippen molar-refractivity contribution in [2.24, 2.45) is 0 Å². The molecule has 15 nitrogen and oxygen atoms in total. The van der Waals surface area contributed by atoms with Gasteiger partial charge in [-0.1, -0.05) is 60.7 Å². The summed E-state index contributed by atoms with van der Waals surface area (Å²) in [7, 11) is 11.2. The molecule has 7 unspecified atom stereocenters. The fourth-order valence-electron chi connectivity index (χ4n) is 8.09. The third-order valence-electron chi connectivity index (χ3n) is 10.8. The Morgan fingerprint density at radius 1 is 0.545 bits per heavy atom. The van der Waals surface area contributed by atoms with Crippen molar-refractivity contribution in [2.45, 2.75) is 112 Å². The van der Waals surface area contributed by atoms with E-state index in [9.17, 15) is 0 Å². The van der Waals surface area contributed by atoms with Gasteiger partial charge in [0.05, 0.1) is 32.5 Å². The molecule has 308 valence electrons. The molecule has 0 radical (unpaired) electrons. The zero-order chi connectivity index (χ0) is 38.9. The molecule has 4 heterocycles. The van der Waals surface area contributed by atoms with E-state index in [4.69, 9.17) is 71.1 Å². The molecule has 0 amide bonds. The topological polar surface area (TPSA) is 138 Å². The molecule has 4 aliphatic heterocycles. The Morgan fingerprint density at radius 3 is 1.69 bits per heavy atom. The number of methoxy groups -OCH3 is 7. The lowest BCUT2D eigenvalue weighted by Gasteiger charge is -2.52. The van der Waals surface area contributed by atoms with Gasteiger partial charge in [-0.15, -0.1) is 0 Å². The van der Waals surface area contributed by atoms with Gasteiger partial charge in [-0.25, -0.2) is 0 Å². The first-order chi connectivity index (χ1) is 26.9. The first-order valence-electron chi connectivity index (χ1n) is 18.8. The summed E-state index contributed by atoms with van der Waals surface area (Å²) in [6, 6.07) is 19.7. The van der Waals surface area contributed by atoms with Gasteiger partial charge >= 0.3 is 0 Å². The number of benzene rings is 2. The zero-order valence-electron chi connectivity index (χ0n) is 33.0. The fourth-order valence-corrected chi connectivity index (χ4v) is 8.09.